The molecule has 0 heterocycles. The standard InChI is InChI=1S/C43H44N4O6/c1-29(31-14-10-7-11-15-31)39(43(51)47(3)35-22-26-37(53-5)27-23-35)45-41(49)33-18-16-32(17-19-33)40(48)44-38(28-30-12-8-6-9-13-30)42(50)46(2)34-20-24-36(52-4)25-21-34/h6-27,29,38-39H,28H2,1-5H3,(H,44,48)(H,45,49)/t29-,38+,39+/m1/s1. The summed E-state index contributed by atoms with van der Waals surface area (Å²) in [5.41, 5.74) is 3.59. The molecule has 0 aromatic heterocycles. The highest BCUT2D eigenvalue weighted by atomic mass is 16.5. The minimum absolute atomic E-state index is 0.267. The minimum atomic E-state index is -0.910. The van der Waals surface area contributed by atoms with E-state index in [1.807, 2.05) is 67.6 Å². The lowest BCUT2D eigenvalue weighted by atomic mass is 9.92. The molecule has 0 bridgehead atoms. The number of amides is 4. The summed E-state index contributed by atoms with van der Waals surface area (Å²) < 4.78 is 10.5. The molecule has 4 amide bonds. The Labute approximate surface area is 310 Å². The Morgan fingerprint density at radius 1 is 0.566 bits per heavy atom. The van der Waals surface area contributed by atoms with Crippen LogP contribution in [0.3, 0.4) is 0 Å². The van der Waals surface area contributed by atoms with Gasteiger partial charge in [-0.1, -0.05) is 67.6 Å². The molecule has 272 valence electrons. The molecule has 0 saturated heterocycles. The fourth-order valence-corrected chi connectivity index (χ4v) is 5.95. The Bertz CT molecular complexity index is 1990. The predicted octanol–water partition coefficient (Wildman–Crippen LogP) is 6.27. The van der Waals surface area contributed by atoms with E-state index in [2.05, 4.69) is 10.6 Å². The number of hydrogen-bond donors (Lipinski definition) is 2. The lowest BCUT2D eigenvalue weighted by Crippen LogP contribution is -2.50. The number of methoxy groups -OCH3 is 2. The van der Waals surface area contributed by atoms with Gasteiger partial charge in [0.15, 0.2) is 0 Å². The number of hydrogen-bond acceptors (Lipinski definition) is 6. The molecule has 0 aliphatic rings. The number of likely N-dealkylation sites (N-methyl/N-ethyl adjacent to an activating group) is 2. The molecule has 0 unspecified atom stereocenters. The molecule has 53 heavy (non-hydrogen) atoms. The van der Waals surface area contributed by atoms with Crippen LogP contribution in [0.1, 0.15) is 44.7 Å². The van der Waals surface area contributed by atoms with Crippen LogP contribution < -0.4 is 29.9 Å². The van der Waals surface area contributed by atoms with Crippen molar-refractivity contribution in [2.24, 2.45) is 0 Å². The molecule has 0 spiro atoms. The highest BCUT2D eigenvalue weighted by molar-refractivity contribution is 6.04. The zero-order valence-electron chi connectivity index (χ0n) is 30.5. The monoisotopic (exact) mass is 712 g/mol. The van der Waals surface area contributed by atoms with Crippen molar-refractivity contribution in [1.82, 2.24) is 10.6 Å². The number of ether oxygens (including phenoxy) is 2. The van der Waals surface area contributed by atoms with Crippen molar-refractivity contribution in [2.45, 2.75) is 31.3 Å². The van der Waals surface area contributed by atoms with Gasteiger partial charge in [0.25, 0.3) is 11.8 Å². The van der Waals surface area contributed by atoms with Gasteiger partial charge < -0.3 is 29.9 Å². The van der Waals surface area contributed by atoms with E-state index < -0.39 is 23.9 Å². The summed E-state index contributed by atoms with van der Waals surface area (Å²) in [5, 5.41) is 5.85. The van der Waals surface area contributed by atoms with E-state index in [4.69, 9.17) is 9.47 Å². The van der Waals surface area contributed by atoms with Crippen LogP contribution in [0.2, 0.25) is 0 Å². The molecule has 5 rings (SSSR count). The molecular formula is C43H44N4O6. The first kappa shape index (κ1) is 37.8. The minimum Gasteiger partial charge on any atom is -0.497 e. The summed E-state index contributed by atoms with van der Waals surface area (Å²) in [6.45, 7) is 1.90. The van der Waals surface area contributed by atoms with Gasteiger partial charge in [0.1, 0.15) is 23.6 Å². The third kappa shape index (κ3) is 9.48. The maximum Gasteiger partial charge on any atom is 0.251 e. The molecular weight excluding hydrogens is 668 g/mol. The Morgan fingerprint density at radius 3 is 1.47 bits per heavy atom. The van der Waals surface area contributed by atoms with E-state index in [1.54, 1.807) is 76.8 Å². The molecule has 0 aliphatic carbocycles. The van der Waals surface area contributed by atoms with Crippen LogP contribution in [0.5, 0.6) is 11.5 Å². The van der Waals surface area contributed by atoms with Gasteiger partial charge in [-0.05, 0) is 83.9 Å². The topological polar surface area (TPSA) is 117 Å². The Morgan fingerprint density at radius 2 is 1.00 bits per heavy atom. The van der Waals surface area contributed by atoms with E-state index in [0.29, 0.717) is 22.9 Å². The van der Waals surface area contributed by atoms with E-state index in [9.17, 15) is 19.2 Å². The fraction of sp³-hybridized carbons (Fsp3) is 0.209. The number of carbonyl (C=O) groups is 4. The van der Waals surface area contributed by atoms with E-state index in [-0.39, 0.29) is 35.3 Å². The van der Waals surface area contributed by atoms with Gasteiger partial charge in [0.05, 0.1) is 14.2 Å². The molecule has 0 saturated carbocycles. The average molecular weight is 713 g/mol. The van der Waals surface area contributed by atoms with Crippen molar-refractivity contribution in [3.8, 4) is 11.5 Å². The smallest absolute Gasteiger partial charge is 0.251 e. The van der Waals surface area contributed by atoms with Crippen LogP contribution >= 0.6 is 0 Å². The highest BCUT2D eigenvalue weighted by Gasteiger charge is 2.32. The van der Waals surface area contributed by atoms with Crippen molar-refractivity contribution in [3.05, 3.63) is 156 Å². The Hall–Kier alpha value is -6.42. The molecule has 0 aliphatic heterocycles. The number of nitrogens with one attached hydrogen (secondary N) is 2. The van der Waals surface area contributed by atoms with Gasteiger partial charge in [-0.25, -0.2) is 0 Å². The second-order valence-electron chi connectivity index (χ2n) is 12.6. The largest absolute Gasteiger partial charge is 0.497 e. The number of nitrogens with zero attached hydrogens (tertiary/aromatic N) is 2. The fourth-order valence-electron chi connectivity index (χ4n) is 5.95. The Kier molecular flexibility index (Phi) is 12.6. The van der Waals surface area contributed by atoms with Gasteiger partial charge in [0, 0.05) is 48.9 Å². The first-order valence-electron chi connectivity index (χ1n) is 17.2. The van der Waals surface area contributed by atoms with Crippen LogP contribution in [0.25, 0.3) is 0 Å². The third-order valence-corrected chi connectivity index (χ3v) is 9.25. The number of rotatable bonds is 14. The van der Waals surface area contributed by atoms with Crippen LogP contribution in [-0.4, -0.2) is 64.0 Å². The molecule has 2 N–H and O–H groups in total. The van der Waals surface area contributed by atoms with Gasteiger partial charge in [0.2, 0.25) is 11.8 Å². The quantitative estimate of drug-likeness (QED) is 0.140. The van der Waals surface area contributed by atoms with Crippen molar-refractivity contribution in [2.75, 3.05) is 38.1 Å². The maximum atomic E-state index is 14.0. The summed E-state index contributed by atoms with van der Waals surface area (Å²) in [7, 11) is 6.47. The van der Waals surface area contributed by atoms with E-state index in [1.165, 1.54) is 34.1 Å². The zero-order valence-corrected chi connectivity index (χ0v) is 30.5. The Balaban J connectivity index is 1.33. The van der Waals surface area contributed by atoms with Crippen LogP contribution in [-0.2, 0) is 16.0 Å². The average Bonchev–Trinajstić information content (AvgIpc) is 3.21. The molecule has 5 aromatic carbocycles. The van der Waals surface area contributed by atoms with Crippen LogP contribution in [0.4, 0.5) is 11.4 Å². The highest BCUT2D eigenvalue weighted by Crippen LogP contribution is 2.25. The van der Waals surface area contributed by atoms with Crippen LogP contribution in [0, 0.1) is 0 Å². The van der Waals surface area contributed by atoms with E-state index in [0.717, 1.165) is 11.1 Å². The number of benzene rings is 5. The SMILES string of the molecule is COc1ccc(N(C)C(=O)[C@H](Cc2ccccc2)NC(=O)c2ccc(C(=O)N[C@H](C(=O)N(C)c3ccc(OC)cc3)[C@H](C)c3ccccc3)cc2)cc1. The molecule has 10 heteroatoms. The van der Waals surface area contributed by atoms with E-state index >= 15 is 0 Å². The van der Waals surface area contributed by atoms with Gasteiger partial charge >= 0.3 is 0 Å². The van der Waals surface area contributed by atoms with Crippen molar-refractivity contribution in [1.29, 1.82) is 0 Å². The molecule has 3 atom stereocenters. The second kappa shape index (κ2) is 17.7. The normalized spacial score (nSPS) is 12.4. The molecule has 0 radical (unpaired) electrons. The first-order valence-corrected chi connectivity index (χ1v) is 17.2. The van der Waals surface area contributed by atoms with Gasteiger partial charge in [-0.15, -0.1) is 0 Å². The number of carbonyl (C=O) groups excluding carboxylic acids is 4. The summed E-state index contributed by atoms with van der Waals surface area (Å²) in [4.78, 5) is 58.0. The molecule has 10 nitrogen and oxygen atoms in total. The maximum absolute atomic E-state index is 14.0. The molecule has 0 fully saturated rings. The lowest BCUT2D eigenvalue weighted by molar-refractivity contribution is -0.121. The summed E-state index contributed by atoms with van der Waals surface area (Å²) in [6, 6.07) is 37.5. The van der Waals surface area contributed by atoms with Crippen molar-refractivity contribution >= 4 is 35.0 Å². The summed E-state index contributed by atoms with van der Waals surface area (Å²) in [5.74, 6) is -0.590. The van der Waals surface area contributed by atoms with Gasteiger partial charge in [-0.3, -0.25) is 19.2 Å². The van der Waals surface area contributed by atoms with Crippen molar-refractivity contribution < 1.29 is 28.7 Å². The summed E-state index contributed by atoms with van der Waals surface area (Å²) in [6.07, 6.45) is 0.270. The number of anilines is 2. The second-order valence-corrected chi connectivity index (χ2v) is 12.6. The lowest BCUT2D eigenvalue weighted by Gasteiger charge is -2.29. The predicted molar refractivity (Wildman–Crippen MR) is 207 cm³/mol. The first-order chi connectivity index (χ1) is 25.6. The molecule has 5 aromatic rings. The summed E-state index contributed by atoms with van der Waals surface area (Å²) >= 11 is 0. The zero-order chi connectivity index (χ0) is 37.9. The van der Waals surface area contributed by atoms with Crippen molar-refractivity contribution in [3.63, 3.8) is 0 Å². The van der Waals surface area contributed by atoms with Gasteiger partial charge in [-0.2, -0.15) is 0 Å². The van der Waals surface area contributed by atoms with Crippen LogP contribution in [0.15, 0.2) is 133 Å². The third-order valence-electron chi connectivity index (χ3n) is 9.25.